The molecule has 176 valence electrons. The molecule has 2 N–H and O–H groups in total. The normalized spacial score (nSPS) is 11.4. The molecule has 0 fully saturated rings. The van der Waals surface area contributed by atoms with Gasteiger partial charge in [0.05, 0.1) is 34.0 Å². The number of carboxylic acids is 1. The Labute approximate surface area is 190 Å². The summed E-state index contributed by atoms with van der Waals surface area (Å²) in [5, 5.41) is 12.1. The summed E-state index contributed by atoms with van der Waals surface area (Å²) >= 11 is 0. The third-order valence-electron chi connectivity index (χ3n) is 4.44. The molecule has 1 amide bonds. The Morgan fingerprint density at radius 2 is 1.52 bits per heavy atom. The predicted octanol–water partition coefficient (Wildman–Crippen LogP) is 3.06. The first-order valence-corrected chi connectivity index (χ1v) is 9.61. The summed E-state index contributed by atoms with van der Waals surface area (Å²) < 4.78 is 26.0. The largest absolute Gasteiger partial charge is 0.496 e. The molecule has 0 aliphatic rings. The van der Waals surface area contributed by atoms with Crippen molar-refractivity contribution in [1.29, 1.82) is 0 Å². The lowest BCUT2D eigenvalue weighted by atomic mass is 10.1. The van der Waals surface area contributed by atoms with Gasteiger partial charge in [-0.2, -0.15) is 0 Å². The third kappa shape index (κ3) is 6.39. The van der Waals surface area contributed by atoms with Gasteiger partial charge in [-0.1, -0.05) is 0 Å². The van der Waals surface area contributed by atoms with Gasteiger partial charge in [-0.25, -0.2) is 4.79 Å². The van der Waals surface area contributed by atoms with Crippen molar-refractivity contribution in [1.82, 2.24) is 0 Å². The molecule has 2 aromatic carbocycles. The van der Waals surface area contributed by atoms with Gasteiger partial charge in [0, 0.05) is 36.4 Å². The highest BCUT2D eigenvalue weighted by Crippen LogP contribution is 2.35. The van der Waals surface area contributed by atoms with Gasteiger partial charge in [0.1, 0.15) is 23.0 Å². The number of ether oxygens (including phenoxy) is 5. The highest BCUT2D eigenvalue weighted by atomic mass is 16.6. The minimum absolute atomic E-state index is 0.0699. The first-order chi connectivity index (χ1) is 15.7. The van der Waals surface area contributed by atoms with Crippen LogP contribution in [0.15, 0.2) is 36.4 Å². The number of carbonyl (C=O) groups excluding carboxylic acids is 2. The molecule has 2 aromatic rings. The molecule has 0 saturated heterocycles. The molecule has 0 aliphatic carbocycles. The lowest BCUT2D eigenvalue weighted by Gasteiger charge is -2.17. The number of anilines is 1. The van der Waals surface area contributed by atoms with Crippen molar-refractivity contribution >= 4 is 29.6 Å². The molecule has 1 atom stereocenters. The van der Waals surface area contributed by atoms with Crippen molar-refractivity contribution in [3.63, 3.8) is 0 Å². The van der Waals surface area contributed by atoms with Crippen LogP contribution in [-0.4, -0.2) is 51.4 Å². The Balaban J connectivity index is 2.32. The molecule has 0 aliphatic heterocycles. The lowest BCUT2D eigenvalue weighted by molar-refractivity contribution is -0.163. The van der Waals surface area contributed by atoms with Crippen LogP contribution in [-0.2, 0) is 19.1 Å². The second kappa shape index (κ2) is 11.4. The van der Waals surface area contributed by atoms with E-state index in [9.17, 15) is 19.5 Å². The number of esters is 1. The maximum Gasteiger partial charge on any atom is 0.349 e. The molecule has 10 heteroatoms. The molecule has 1 unspecified atom stereocenters. The van der Waals surface area contributed by atoms with Crippen molar-refractivity contribution in [2.45, 2.75) is 13.0 Å². The van der Waals surface area contributed by atoms with Gasteiger partial charge in [-0.3, -0.25) is 9.59 Å². The molecule has 10 nitrogen and oxygen atoms in total. The topological polar surface area (TPSA) is 130 Å². The first-order valence-electron chi connectivity index (χ1n) is 9.61. The molecular weight excluding hydrogens is 434 g/mol. The molecule has 0 bridgehead atoms. The predicted molar refractivity (Wildman–Crippen MR) is 119 cm³/mol. The maximum atomic E-state index is 12.5. The Morgan fingerprint density at radius 3 is 2.00 bits per heavy atom. The minimum atomic E-state index is -1.60. The number of hydrogen-bond donors (Lipinski definition) is 2. The van der Waals surface area contributed by atoms with Crippen molar-refractivity contribution < 1.29 is 43.2 Å². The van der Waals surface area contributed by atoms with Crippen LogP contribution >= 0.6 is 0 Å². The average molecular weight is 459 g/mol. The van der Waals surface area contributed by atoms with Gasteiger partial charge < -0.3 is 34.1 Å². The molecule has 0 aromatic heterocycles. The molecule has 0 saturated carbocycles. The van der Waals surface area contributed by atoms with E-state index >= 15 is 0 Å². The number of benzene rings is 2. The fourth-order valence-electron chi connectivity index (χ4n) is 2.97. The molecular formula is C23H25NO9. The second-order valence-corrected chi connectivity index (χ2v) is 6.55. The van der Waals surface area contributed by atoms with E-state index in [-0.39, 0.29) is 17.0 Å². The summed E-state index contributed by atoms with van der Waals surface area (Å²) in [6.07, 6.45) is 1.17. The van der Waals surface area contributed by atoms with E-state index in [0.29, 0.717) is 22.8 Å². The highest BCUT2D eigenvalue weighted by Gasteiger charge is 2.27. The van der Waals surface area contributed by atoms with Crippen LogP contribution in [0.2, 0.25) is 0 Å². The summed E-state index contributed by atoms with van der Waals surface area (Å²) in [4.78, 5) is 35.4. The molecule has 2 rings (SSSR count). The van der Waals surface area contributed by atoms with Gasteiger partial charge in [0.25, 0.3) is 0 Å². The van der Waals surface area contributed by atoms with E-state index in [2.05, 4.69) is 5.32 Å². The van der Waals surface area contributed by atoms with E-state index in [1.807, 2.05) is 0 Å². The van der Waals surface area contributed by atoms with E-state index < -0.39 is 23.9 Å². The summed E-state index contributed by atoms with van der Waals surface area (Å²) in [5.41, 5.74) is 0.861. The van der Waals surface area contributed by atoms with Crippen LogP contribution in [0.25, 0.3) is 6.08 Å². The summed E-state index contributed by atoms with van der Waals surface area (Å²) in [6.45, 7) is 1.10. The summed E-state index contributed by atoms with van der Waals surface area (Å²) in [6, 6.07) is 7.65. The Hall–Kier alpha value is -4.21. The molecule has 0 radical (unpaired) electrons. The van der Waals surface area contributed by atoms with E-state index in [1.165, 1.54) is 58.8 Å². The fraction of sp³-hybridized carbons (Fsp3) is 0.261. The number of methoxy groups -OCH3 is 4. The zero-order chi connectivity index (χ0) is 24.5. The lowest BCUT2D eigenvalue weighted by Crippen LogP contribution is -2.19. The number of aliphatic carboxylic acids is 1. The number of nitrogens with one attached hydrogen (secondary N) is 1. The van der Waals surface area contributed by atoms with Crippen LogP contribution in [0.1, 0.15) is 24.2 Å². The van der Waals surface area contributed by atoms with Gasteiger partial charge in [0.15, 0.2) is 0 Å². The molecule has 0 heterocycles. The fourth-order valence-corrected chi connectivity index (χ4v) is 2.97. The van der Waals surface area contributed by atoms with Gasteiger partial charge in [0.2, 0.25) is 12.0 Å². The third-order valence-corrected chi connectivity index (χ3v) is 4.44. The SMILES string of the molecule is COc1cc(OC)c(/C=C/C(=O)Nc2ccc(OC)c(C(OC(C)=O)C(=O)O)c2)c(OC)c1. The first kappa shape index (κ1) is 25.1. The van der Waals surface area contributed by atoms with E-state index in [1.54, 1.807) is 12.1 Å². The highest BCUT2D eigenvalue weighted by molar-refractivity contribution is 6.02. The number of rotatable bonds is 10. The van der Waals surface area contributed by atoms with Crippen molar-refractivity contribution in [2.75, 3.05) is 33.8 Å². The zero-order valence-electron chi connectivity index (χ0n) is 18.8. The smallest absolute Gasteiger partial charge is 0.349 e. The Morgan fingerprint density at radius 1 is 0.909 bits per heavy atom. The Kier molecular flexibility index (Phi) is 8.67. The van der Waals surface area contributed by atoms with Gasteiger partial charge in [-0.15, -0.1) is 0 Å². The van der Waals surface area contributed by atoms with Crippen molar-refractivity contribution in [3.8, 4) is 23.0 Å². The standard InChI is InChI=1S/C23H25NO9/c1-13(25)33-22(23(27)28)17-10-14(6-8-18(17)30-3)24-21(26)9-7-16-19(31-4)11-15(29-2)12-20(16)32-5/h6-12,22H,1-5H3,(H,24,26)(H,27,28)/b9-7+. The number of hydrogen-bond acceptors (Lipinski definition) is 8. The quantitative estimate of drug-likeness (QED) is 0.407. The van der Waals surface area contributed by atoms with Crippen LogP contribution in [0, 0.1) is 0 Å². The second-order valence-electron chi connectivity index (χ2n) is 6.55. The van der Waals surface area contributed by atoms with Crippen LogP contribution in [0.5, 0.6) is 23.0 Å². The maximum absolute atomic E-state index is 12.5. The van der Waals surface area contributed by atoms with Crippen molar-refractivity contribution in [3.05, 3.63) is 47.5 Å². The Bertz CT molecular complexity index is 1040. The number of carbonyl (C=O) groups is 3. The van der Waals surface area contributed by atoms with Crippen LogP contribution in [0.3, 0.4) is 0 Å². The number of amides is 1. The van der Waals surface area contributed by atoms with E-state index in [0.717, 1.165) is 6.92 Å². The van der Waals surface area contributed by atoms with Crippen LogP contribution in [0.4, 0.5) is 5.69 Å². The monoisotopic (exact) mass is 459 g/mol. The minimum Gasteiger partial charge on any atom is -0.496 e. The summed E-state index contributed by atoms with van der Waals surface area (Å²) in [7, 11) is 5.82. The molecule has 33 heavy (non-hydrogen) atoms. The average Bonchev–Trinajstić information content (AvgIpc) is 2.80. The number of carboxylic acid groups (broad SMARTS) is 1. The van der Waals surface area contributed by atoms with Crippen LogP contribution < -0.4 is 24.3 Å². The van der Waals surface area contributed by atoms with E-state index in [4.69, 9.17) is 23.7 Å². The van der Waals surface area contributed by atoms with Gasteiger partial charge in [-0.05, 0) is 24.3 Å². The van der Waals surface area contributed by atoms with Gasteiger partial charge >= 0.3 is 11.9 Å². The van der Waals surface area contributed by atoms with Crippen molar-refractivity contribution in [2.24, 2.45) is 0 Å². The zero-order valence-corrected chi connectivity index (χ0v) is 18.8. The summed E-state index contributed by atoms with van der Waals surface area (Å²) in [5.74, 6) is -1.08. The molecule has 0 spiro atoms.